The molecule has 4 aromatic rings. The first-order chi connectivity index (χ1) is 17.5. The molecule has 4 aliphatic rings. The number of nitrogens with one attached hydrogen (secondary N) is 1. The molecule has 10 nitrogen and oxygen atoms in total. The lowest BCUT2D eigenvalue weighted by atomic mass is 9.53. The van der Waals surface area contributed by atoms with Crippen LogP contribution in [0.5, 0.6) is 16.7 Å². The lowest BCUT2D eigenvalue weighted by Crippen LogP contribution is -2.60. The lowest BCUT2D eigenvalue weighted by Gasteiger charge is -2.56. The summed E-state index contributed by atoms with van der Waals surface area (Å²) in [5.74, 6) is 3.38. The summed E-state index contributed by atoms with van der Waals surface area (Å²) in [5, 5.41) is 12.9. The van der Waals surface area contributed by atoms with Crippen LogP contribution in [0.1, 0.15) is 38.5 Å². The van der Waals surface area contributed by atoms with Crippen LogP contribution >= 0.6 is 11.3 Å². The van der Waals surface area contributed by atoms with Gasteiger partial charge in [-0.3, -0.25) is 4.79 Å². The molecule has 11 heteroatoms. The van der Waals surface area contributed by atoms with E-state index in [1.54, 1.807) is 35.5 Å². The Bertz CT molecular complexity index is 1410. The SMILES string of the molecule is COc1cc(OCC(=O)NC23CC4CC(CC(C4)C2)C3)c2cc(-c3cn4nc(OC)sc4n3)nn2c1. The number of fused-ring (bicyclic) bond motifs is 2. The van der Waals surface area contributed by atoms with Gasteiger partial charge in [-0.1, -0.05) is 0 Å². The van der Waals surface area contributed by atoms with Crippen molar-refractivity contribution in [3.05, 3.63) is 24.5 Å². The molecule has 36 heavy (non-hydrogen) atoms. The highest BCUT2D eigenvalue weighted by molar-refractivity contribution is 7.18. The third kappa shape index (κ3) is 3.68. The van der Waals surface area contributed by atoms with E-state index in [0.717, 1.165) is 42.5 Å². The van der Waals surface area contributed by atoms with E-state index in [2.05, 4.69) is 20.5 Å². The van der Waals surface area contributed by atoms with Gasteiger partial charge in [0, 0.05) is 11.6 Å². The van der Waals surface area contributed by atoms with Gasteiger partial charge in [0.25, 0.3) is 11.1 Å². The van der Waals surface area contributed by atoms with Crippen molar-refractivity contribution in [1.82, 2.24) is 29.5 Å². The minimum Gasteiger partial charge on any atom is -0.495 e. The number of nitrogens with zero attached hydrogens (tertiary/aromatic N) is 5. The Balaban J connectivity index is 1.12. The molecular formula is C25H28N6O4S. The topological polar surface area (TPSA) is 104 Å². The molecule has 0 unspecified atom stereocenters. The van der Waals surface area contributed by atoms with E-state index in [4.69, 9.17) is 14.2 Å². The van der Waals surface area contributed by atoms with E-state index in [1.807, 2.05) is 12.3 Å². The van der Waals surface area contributed by atoms with E-state index in [1.165, 1.54) is 30.6 Å². The molecule has 188 valence electrons. The van der Waals surface area contributed by atoms with Crippen molar-refractivity contribution in [1.29, 1.82) is 0 Å². The average Bonchev–Trinajstić information content (AvgIpc) is 3.53. The minimum absolute atomic E-state index is 0.0344. The summed E-state index contributed by atoms with van der Waals surface area (Å²) < 4.78 is 20.1. The predicted octanol–water partition coefficient (Wildman–Crippen LogP) is 3.59. The fourth-order valence-corrected chi connectivity index (χ4v) is 7.72. The van der Waals surface area contributed by atoms with E-state index >= 15 is 0 Å². The maximum absolute atomic E-state index is 13.0. The van der Waals surface area contributed by atoms with Crippen LogP contribution in [0.25, 0.3) is 21.9 Å². The van der Waals surface area contributed by atoms with Crippen LogP contribution in [-0.2, 0) is 4.79 Å². The first-order valence-corrected chi connectivity index (χ1v) is 13.2. The van der Waals surface area contributed by atoms with Crippen LogP contribution in [0, 0.1) is 17.8 Å². The Labute approximate surface area is 211 Å². The molecule has 4 fully saturated rings. The molecule has 0 atom stereocenters. The summed E-state index contributed by atoms with van der Waals surface area (Å²) in [6.45, 7) is -0.0466. The fraction of sp³-hybridized carbons (Fsp3) is 0.520. The van der Waals surface area contributed by atoms with E-state index in [9.17, 15) is 4.79 Å². The predicted molar refractivity (Wildman–Crippen MR) is 133 cm³/mol. The number of amides is 1. The van der Waals surface area contributed by atoms with Crippen molar-refractivity contribution >= 4 is 27.7 Å². The molecule has 4 saturated carbocycles. The van der Waals surface area contributed by atoms with Gasteiger partial charge < -0.3 is 19.5 Å². The Morgan fingerprint density at radius 3 is 2.44 bits per heavy atom. The molecule has 4 aromatic heterocycles. The van der Waals surface area contributed by atoms with Crippen molar-refractivity contribution in [3.8, 4) is 28.1 Å². The second kappa shape index (κ2) is 8.09. The molecule has 0 spiro atoms. The van der Waals surface area contributed by atoms with Gasteiger partial charge in [-0.15, -0.1) is 5.10 Å². The van der Waals surface area contributed by atoms with Crippen molar-refractivity contribution < 1.29 is 19.0 Å². The number of carbonyl (C=O) groups excluding carboxylic acids is 1. The molecule has 4 heterocycles. The van der Waals surface area contributed by atoms with Gasteiger partial charge in [0.15, 0.2) is 6.61 Å². The zero-order valence-electron chi connectivity index (χ0n) is 20.3. The summed E-state index contributed by atoms with van der Waals surface area (Å²) in [6, 6.07) is 3.69. The second-order valence-corrected chi connectivity index (χ2v) is 11.5. The zero-order chi connectivity index (χ0) is 24.4. The molecule has 0 aromatic carbocycles. The number of rotatable bonds is 7. The van der Waals surface area contributed by atoms with Crippen LogP contribution < -0.4 is 19.5 Å². The lowest BCUT2D eigenvalue weighted by molar-refractivity contribution is -0.128. The Hall–Kier alpha value is -3.34. The van der Waals surface area contributed by atoms with E-state index in [0.29, 0.717) is 33.0 Å². The van der Waals surface area contributed by atoms with Gasteiger partial charge in [-0.2, -0.15) is 5.10 Å². The number of ether oxygens (including phenoxy) is 3. The molecular weight excluding hydrogens is 480 g/mol. The summed E-state index contributed by atoms with van der Waals surface area (Å²) in [6.07, 6.45) is 11.0. The standard InChI is InChI=1S/C25H28N6O4S/c1-33-17-6-21(35-13-22(32)27-25-8-14-3-15(9-25)5-16(4-14)10-25)20-7-18(28-30(20)11-17)19-12-31-23(26-19)36-24(29-31)34-2/h6-7,11-12,14-16H,3-5,8-10,13H2,1-2H3,(H,27,32). The number of carbonyl (C=O) groups is 1. The Kier molecular flexibility index (Phi) is 4.92. The van der Waals surface area contributed by atoms with Gasteiger partial charge in [0.1, 0.15) is 28.4 Å². The molecule has 0 saturated heterocycles. The van der Waals surface area contributed by atoms with Crippen molar-refractivity contribution in [2.75, 3.05) is 20.8 Å². The van der Waals surface area contributed by atoms with Crippen LogP contribution in [0.4, 0.5) is 0 Å². The summed E-state index contributed by atoms with van der Waals surface area (Å²) >= 11 is 1.36. The van der Waals surface area contributed by atoms with Crippen LogP contribution in [0.2, 0.25) is 0 Å². The second-order valence-electron chi connectivity index (χ2n) is 10.6. The first kappa shape index (κ1) is 21.9. The fourth-order valence-electron chi connectivity index (χ4n) is 7.02. The number of hydrogen-bond donors (Lipinski definition) is 1. The normalized spacial score (nSPS) is 26.6. The zero-order valence-corrected chi connectivity index (χ0v) is 21.1. The highest BCUT2D eigenvalue weighted by atomic mass is 32.1. The van der Waals surface area contributed by atoms with Gasteiger partial charge in [-0.05, 0) is 73.7 Å². The van der Waals surface area contributed by atoms with Gasteiger partial charge in [-0.25, -0.2) is 14.0 Å². The maximum atomic E-state index is 13.0. The summed E-state index contributed by atoms with van der Waals surface area (Å²) in [4.78, 5) is 18.4. The molecule has 1 N–H and O–H groups in total. The van der Waals surface area contributed by atoms with Crippen molar-refractivity contribution in [3.63, 3.8) is 0 Å². The highest BCUT2D eigenvalue weighted by Crippen LogP contribution is 2.55. The van der Waals surface area contributed by atoms with Crippen LogP contribution in [0.3, 0.4) is 0 Å². The highest BCUT2D eigenvalue weighted by Gasteiger charge is 2.51. The number of hydrogen-bond acceptors (Lipinski definition) is 8. The third-order valence-electron chi connectivity index (χ3n) is 8.01. The Morgan fingerprint density at radius 2 is 1.78 bits per heavy atom. The van der Waals surface area contributed by atoms with Gasteiger partial charge in [0.2, 0.25) is 4.96 Å². The quantitative estimate of drug-likeness (QED) is 0.407. The molecule has 4 bridgehead atoms. The molecule has 1 amide bonds. The van der Waals surface area contributed by atoms with Crippen molar-refractivity contribution in [2.45, 2.75) is 44.1 Å². The van der Waals surface area contributed by atoms with Crippen LogP contribution in [-0.4, -0.2) is 56.5 Å². The van der Waals surface area contributed by atoms with Gasteiger partial charge >= 0.3 is 0 Å². The van der Waals surface area contributed by atoms with Crippen molar-refractivity contribution in [2.24, 2.45) is 17.8 Å². The molecule has 0 radical (unpaired) electrons. The maximum Gasteiger partial charge on any atom is 0.294 e. The monoisotopic (exact) mass is 508 g/mol. The number of imidazole rings is 1. The number of pyridine rings is 1. The molecule has 8 rings (SSSR count). The smallest absolute Gasteiger partial charge is 0.294 e. The molecule has 4 aliphatic carbocycles. The van der Waals surface area contributed by atoms with Gasteiger partial charge in [0.05, 0.1) is 26.6 Å². The minimum atomic E-state index is -0.0629. The largest absolute Gasteiger partial charge is 0.495 e. The number of methoxy groups -OCH3 is 2. The third-order valence-corrected chi connectivity index (χ3v) is 8.89. The first-order valence-electron chi connectivity index (χ1n) is 12.4. The summed E-state index contributed by atoms with van der Waals surface area (Å²) in [5.41, 5.74) is 2.05. The summed E-state index contributed by atoms with van der Waals surface area (Å²) in [7, 11) is 3.18. The Morgan fingerprint density at radius 1 is 1.03 bits per heavy atom. The van der Waals surface area contributed by atoms with E-state index in [-0.39, 0.29) is 18.1 Å². The average molecular weight is 509 g/mol. The van der Waals surface area contributed by atoms with E-state index < -0.39 is 0 Å². The van der Waals surface area contributed by atoms with Crippen LogP contribution in [0.15, 0.2) is 24.5 Å². The molecule has 0 aliphatic heterocycles. The number of aromatic nitrogens is 5.